The summed E-state index contributed by atoms with van der Waals surface area (Å²) < 4.78 is 23.6. The molecular formula is C14H11FO3S. The van der Waals surface area contributed by atoms with E-state index in [9.17, 15) is 9.18 Å². The van der Waals surface area contributed by atoms with Gasteiger partial charge in [-0.3, -0.25) is 4.79 Å². The van der Waals surface area contributed by atoms with Gasteiger partial charge in [-0.2, -0.15) is 0 Å². The lowest BCUT2D eigenvalue weighted by molar-refractivity contribution is 0.112. The van der Waals surface area contributed by atoms with Crippen LogP contribution in [0.25, 0.3) is 0 Å². The van der Waals surface area contributed by atoms with Crippen molar-refractivity contribution in [1.29, 1.82) is 0 Å². The summed E-state index contributed by atoms with van der Waals surface area (Å²) in [4.78, 5) is 11.5. The molecule has 0 aliphatic carbocycles. The van der Waals surface area contributed by atoms with Crippen molar-refractivity contribution >= 4 is 18.3 Å². The van der Waals surface area contributed by atoms with Gasteiger partial charge in [0.25, 0.3) is 0 Å². The van der Waals surface area contributed by atoms with Crippen LogP contribution in [-0.2, 0) is 0 Å². The molecular weight excluding hydrogens is 267 g/mol. The monoisotopic (exact) mass is 278 g/mol. The molecule has 2 rings (SSSR count). The molecule has 0 heterocycles. The van der Waals surface area contributed by atoms with Crippen LogP contribution in [0.15, 0.2) is 47.4 Å². The lowest BCUT2D eigenvalue weighted by Crippen LogP contribution is -1.94. The second-order valence-corrected chi connectivity index (χ2v) is 4.43. The van der Waals surface area contributed by atoms with E-state index in [-0.39, 0.29) is 5.82 Å². The summed E-state index contributed by atoms with van der Waals surface area (Å²) in [5, 5.41) is 0. The molecule has 19 heavy (non-hydrogen) atoms. The van der Waals surface area contributed by atoms with Crippen LogP contribution >= 0.6 is 12.0 Å². The first-order valence-corrected chi connectivity index (χ1v) is 6.21. The van der Waals surface area contributed by atoms with Gasteiger partial charge in [0.05, 0.1) is 29.6 Å². The van der Waals surface area contributed by atoms with Gasteiger partial charge in [-0.05, 0) is 30.3 Å². The number of benzene rings is 2. The summed E-state index contributed by atoms with van der Waals surface area (Å²) >= 11 is 1.00. The fraction of sp³-hybridized carbons (Fsp3) is 0.0714. The molecule has 0 atom stereocenters. The molecule has 3 nitrogen and oxygen atoms in total. The smallest absolute Gasteiger partial charge is 0.180 e. The minimum Gasteiger partial charge on any atom is -0.492 e. The number of rotatable bonds is 5. The average Bonchev–Trinajstić information content (AvgIpc) is 2.44. The molecule has 0 fully saturated rings. The van der Waals surface area contributed by atoms with Gasteiger partial charge in [-0.1, -0.05) is 12.1 Å². The molecule has 0 N–H and O–H groups in total. The van der Waals surface area contributed by atoms with E-state index in [0.717, 1.165) is 12.0 Å². The SMILES string of the molecule is COc1c(C=O)cccc1OSc1cccc(F)c1. The minimum atomic E-state index is -0.331. The van der Waals surface area contributed by atoms with Crippen LogP contribution in [0.3, 0.4) is 0 Å². The molecule has 98 valence electrons. The zero-order valence-electron chi connectivity index (χ0n) is 10.1. The summed E-state index contributed by atoms with van der Waals surface area (Å²) in [5.41, 5.74) is 0.403. The Labute approximate surface area is 114 Å². The third kappa shape index (κ3) is 3.26. The summed E-state index contributed by atoms with van der Waals surface area (Å²) in [6.07, 6.45) is 0.693. The van der Waals surface area contributed by atoms with Crippen LogP contribution < -0.4 is 8.92 Å². The fourth-order valence-electron chi connectivity index (χ4n) is 1.52. The molecule has 0 radical (unpaired) electrons. The molecule has 0 unspecified atom stereocenters. The van der Waals surface area contributed by atoms with Gasteiger partial charge < -0.3 is 8.92 Å². The Bertz CT molecular complexity index is 587. The molecule has 0 bridgehead atoms. The Balaban J connectivity index is 2.17. The first-order chi connectivity index (χ1) is 9.24. The van der Waals surface area contributed by atoms with E-state index in [4.69, 9.17) is 8.92 Å². The molecule has 0 spiro atoms. The number of carbonyl (C=O) groups excluding carboxylic acids is 1. The standard InChI is InChI=1S/C14H11FO3S/c1-17-14-10(9-16)4-2-7-13(14)18-19-12-6-3-5-11(15)8-12/h2-9H,1H3. The van der Waals surface area contributed by atoms with Crippen LogP contribution in [-0.4, -0.2) is 13.4 Å². The highest BCUT2D eigenvalue weighted by Crippen LogP contribution is 2.34. The van der Waals surface area contributed by atoms with E-state index in [1.54, 1.807) is 30.3 Å². The number of carbonyl (C=O) groups is 1. The van der Waals surface area contributed by atoms with Crippen molar-refractivity contribution in [1.82, 2.24) is 0 Å². The van der Waals surface area contributed by atoms with Crippen molar-refractivity contribution < 1.29 is 18.1 Å². The second-order valence-electron chi connectivity index (χ2n) is 3.62. The van der Waals surface area contributed by atoms with Crippen molar-refractivity contribution in [3.8, 4) is 11.5 Å². The topological polar surface area (TPSA) is 35.5 Å². The summed E-state index contributed by atoms with van der Waals surface area (Å²) in [6.45, 7) is 0. The van der Waals surface area contributed by atoms with E-state index in [1.165, 1.54) is 19.2 Å². The summed E-state index contributed by atoms with van der Waals surface area (Å²) in [6, 6.07) is 11.0. The number of methoxy groups -OCH3 is 1. The molecule has 0 saturated heterocycles. The number of ether oxygens (including phenoxy) is 1. The molecule has 0 amide bonds. The Morgan fingerprint density at radius 2 is 2.00 bits per heavy atom. The van der Waals surface area contributed by atoms with Gasteiger partial charge in [0.2, 0.25) is 0 Å². The molecule has 0 aliphatic heterocycles. The fourth-order valence-corrected chi connectivity index (χ4v) is 2.13. The highest BCUT2D eigenvalue weighted by atomic mass is 32.2. The van der Waals surface area contributed by atoms with Gasteiger partial charge in [0.15, 0.2) is 17.8 Å². The maximum Gasteiger partial charge on any atom is 0.180 e. The Kier molecular flexibility index (Phi) is 4.41. The number of para-hydroxylation sites is 1. The molecule has 2 aromatic rings. The third-order valence-electron chi connectivity index (χ3n) is 2.36. The van der Waals surface area contributed by atoms with E-state index in [2.05, 4.69) is 0 Å². The van der Waals surface area contributed by atoms with Crippen LogP contribution in [0.4, 0.5) is 4.39 Å². The van der Waals surface area contributed by atoms with Crippen molar-refractivity contribution in [2.24, 2.45) is 0 Å². The first-order valence-electron chi connectivity index (χ1n) is 5.47. The number of aldehydes is 1. The maximum atomic E-state index is 13.0. The highest BCUT2D eigenvalue weighted by Gasteiger charge is 2.10. The second kappa shape index (κ2) is 6.24. The van der Waals surface area contributed by atoms with Gasteiger partial charge in [-0.25, -0.2) is 4.39 Å². The van der Waals surface area contributed by atoms with Crippen LogP contribution in [0.2, 0.25) is 0 Å². The van der Waals surface area contributed by atoms with Crippen molar-refractivity contribution in [3.05, 3.63) is 53.8 Å². The number of hydrogen-bond acceptors (Lipinski definition) is 4. The minimum absolute atomic E-state index is 0.331. The van der Waals surface area contributed by atoms with E-state index >= 15 is 0 Å². The Morgan fingerprint density at radius 1 is 1.21 bits per heavy atom. The van der Waals surface area contributed by atoms with E-state index in [1.807, 2.05) is 0 Å². The molecule has 0 saturated carbocycles. The summed E-state index contributed by atoms with van der Waals surface area (Å²) in [7, 11) is 1.46. The molecule has 5 heteroatoms. The van der Waals surface area contributed by atoms with Gasteiger partial charge in [-0.15, -0.1) is 0 Å². The van der Waals surface area contributed by atoms with E-state index < -0.39 is 0 Å². The normalized spacial score (nSPS) is 10.0. The van der Waals surface area contributed by atoms with Crippen LogP contribution in [0, 0.1) is 5.82 Å². The van der Waals surface area contributed by atoms with Crippen molar-refractivity contribution in [2.75, 3.05) is 7.11 Å². The van der Waals surface area contributed by atoms with Gasteiger partial charge in [0.1, 0.15) is 5.82 Å². The third-order valence-corrected chi connectivity index (χ3v) is 3.07. The predicted molar refractivity (Wildman–Crippen MR) is 71.3 cm³/mol. The Morgan fingerprint density at radius 3 is 2.68 bits per heavy atom. The maximum absolute atomic E-state index is 13.0. The molecule has 0 aromatic heterocycles. The average molecular weight is 278 g/mol. The number of halogens is 1. The van der Waals surface area contributed by atoms with Gasteiger partial charge in [0, 0.05) is 0 Å². The predicted octanol–water partition coefficient (Wildman–Crippen LogP) is 3.73. The van der Waals surface area contributed by atoms with E-state index in [0.29, 0.717) is 28.2 Å². The molecule has 0 aliphatic rings. The largest absolute Gasteiger partial charge is 0.492 e. The lowest BCUT2D eigenvalue weighted by atomic mass is 10.2. The lowest BCUT2D eigenvalue weighted by Gasteiger charge is -2.10. The summed E-state index contributed by atoms with van der Waals surface area (Å²) in [5.74, 6) is 0.449. The van der Waals surface area contributed by atoms with Crippen molar-refractivity contribution in [2.45, 2.75) is 4.90 Å². The van der Waals surface area contributed by atoms with Crippen LogP contribution in [0.1, 0.15) is 10.4 Å². The van der Waals surface area contributed by atoms with Crippen LogP contribution in [0.5, 0.6) is 11.5 Å². The first kappa shape index (κ1) is 13.4. The Hall–Kier alpha value is -2.01. The van der Waals surface area contributed by atoms with Gasteiger partial charge >= 0.3 is 0 Å². The zero-order valence-corrected chi connectivity index (χ0v) is 10.9. The van der Waals surface area contributed by atoms with Crippen molar-refractivity contribution in [3.63, 3.8) is 0 Å². The molecule has 2 aromatic carbocycles. The highest BCUT2D eigenvalue weighted by molar-refractivity contribution is 7.95. The zero-order chi connectivity index (χ0) is 13.7. The number of hydrogen-bond donors (Lipinski definition) is 0. The quantitative estimate of drug-likeness (QED) is 0.616.